The fraction of sp³-hybridized carbons (Fsp3) is 0.571. The Kier molecular flexibility index (Phi) is 3.66. The predicted molar refractivity (Wildman–Crippen MR) is 99.9 cm³/mol. The first-order valence-electron chi connectivity index (χ1n) is 9.87. The fourth-order valence-electron chi connectivity index (χ4n) is 6.41. The van der Waals surface area contributed by atoms with Gasteiger partial charge in [-0.15, -0.1) is 0 Å². The number of aromatic nitrogens is 2. The lowest BCUT2D eigenvalue weighted by atomic mass is 9.49. The normalized spacial score (nSPS) is 32.1. The number of fused-ring (bicyclic) bond motifs is 1. The largest absolute Gasteiger partial charge is 0.351 e. The second kappa shape index (κ2) is 5.93. The number of aromatic amines is 1. The van der Waals surface area contributed by atoms with Gasteiger partial charge in [0.15, 0.2) is 5.69 Å². The third-order valence-electron chi connectivity index (χ3n) is 7.02. The van der Waals surface area contributed by atoms with Crippen LogP contribution in [0.15, 0.2) is 29.1 Å². The molecule has 1 heterocycles. The highest BCUT2D eigenvalue weighted by molar-refractivity contribution is 6.04. The van der Waals surface area contributed by atoms with E-state index in [2.05, 4.69) is 15.5 Å². The quantitative estimate of drug-likeness (QED) is 0.888. The number of benzene rings is 1. The molecule has 0 saturated heterocycles. The van der Waals surface area contributed by atoms with Gasteiger partial charge in [-0.3, -0.25) is 9.59 Å². The van der Waals surface area contributed by atoms with Crippen LogP contribution in [0.2, 0.25) is 0 Å². The van der Waals surface area contributed by atoms with Gasteiger partial charge in [-0.05, 0) is 74.2 Å². The Labute approximate surface area is 152 Å². The molecule has 2 N–H and O–H groups in total. The Morgan fingerprint density at radius 1 is 1.08 bits per heavy atom. The lowest BCUT2D eigenvalue weighted by Gasteiger charge is -2.57. The van der Waals surface area contributed by atoms with E-state index in [1.54, 1.807) is 18.2 Å². The van der Waals surface area contributed by atoms with Crippen LogP contribution in [0.1, 0.15) is 55.4 Å². The average Bonchev–Trinajstić information content (AvgIpc) is 2.61. The molecule has 0 radical (unpaired) electrons. The number of nitrogens with zero attached hydrogens (tertiary/aromatic N) is 1. The van der Waals surface area contributed by atoms with Crippen molar-refractivity contribution in [3.63, 3.8) is 0 Å². The van der Waals surface area contributed by atoms with Crippen LogP contribution in [0.5, 0.6) is 0 Å². The van der Waals surface area contributed by atoms with E-state index in [-0.39, 0.29) is 11.5 Å². The lowest BCUT2D eigenvalue weighted by Crippen LogP contribution is -2.47. The number of nitrogens with one attached hydrogen (secondary N) is 2. The fourth-order valence-corrected chi connectivity index (χ4v) is 6.41. The van der Waals surface area contributed by atoms with Crippen LogP contribution >= 0.6 is 0 Å². The third-order valence-corrected chi connectivity index (χ3v) is 7.02. The van der Waals surface area contributed by atoms with Crippen molar-refractivity contribution in [2.24, 2.45) is 23.2 Å². The van der Waals surface area contributed by atoms with Gasteiger partial charge in [0.2, 0.25) is 0 Å². The SMILES string of the molecule is O=C(NCCC12CC3CC(CC(C3)C1)C2)c1n[nH]c(=O)c2ccccc12. The highest BCUT2D eigenvalue weighted by Crippen LogP contribution is 2.61. The predicted octanol–water partition coefficient (Wildman–Crippen LogP) is 3.26. The van der Waals surface area contributed by atoms with E-state index in [1.165, 1.54) is 38.5 Å². The molecule has 4 aliphatic carbocycles. The molecule has 136 valence electrons. The molecule has 0 aliphatic heterocycles. The summed E-state index contributed by atoms with van der Waals surface area (Å²) in [6.45, 7) is 0.695. The van der Waals surface area contributed by atoms with Crippen LogP contribution < -0.4 is 10.9 Å². The highest BCUT2D eigenvalue weighted by atomic mass is 16.2. The molecule has 4 fully saturated rings. The summed E-state index contributed by atoms with van der Waals surface area (Å²) in [5, 5.41) is 10.6. The summed E-state index contributed by atoms with van der Waals surface area (Å²) < 4.78 is 0. The number of hydrogen-bond acceptors (Lipinski definition) is 3. The lowest BCUT2D eigenvalue weighted by molar-refractivity contribution is -0.0564. The summed E-state index contributed by atoms with van der Waals surface area (Å²) in [6, 6.07) is 7.13. The number of H-pyrrole nitrogens is 1. The average molecular weight is 351 g/mol. The van der Waals surface area contributed by atoms with Crippen molar-refractivity contribution in [3.8, 4) is 0 Å². The molecule has 1 aromatic carbocycles. The molecule has 0 spiro atoms. The monoisotopic (exact) mass is 351 g/mol. The maximum atomic E-state index is 12.7. The maximum absolute atomic E-state index is 12.7. The summed E-state index contributed by atoms with van der Waals surface area (Å²) in [5.74, 6) is 2.60. The number of amides is 1. The van der Waals surface area contributed by atoms with E-state index in [0.29, 0.717) is 28.4 Å². The molecule has 0 unspecified atom stereocenters. The van der Waals surface area contributed by atoms with Gasteiger partial charge in [-0.2, -0.15) is 5.10 Å². The van der Waals surface area contributed by atoms with E-state index in [0.717, 1.165) is 24.2 Å². The molecular weight excluding hydrogens is 326 g/mol. The van der Waals surface area contributed by atoms with Gasteiger partial charge in [0, 0.05) is 11.9 Å². The van der Waals surface area contributed by atoms with Crippen LogP contribution in [-0.2, 0) is 0 Å². The highest BCUT2D eigenvalue weighted by Gasteiger charge is 2.50. The maximum Gasteiger partial charge on any atom is 0.272 e. The van der Waals surface area contributed by atoms with Crippen LogP contribution in [0.3, 0.4) is 0 Å². The minimum Gasteiger partial charge on any atom is -0.351 e. The molecule has 4 bridgehead atoms. The van der Waals surface area contributed by atoms with Gasteiger partial charge >= 0.3 is 0 Å². The first-order chi connectivity index (χ1) is 12.6. The summed E-state index contributed by atoms with van der Waals surface area (Å²) in [4.78, 5) is 24.5. The van der Waals surface area contributed by atoms with E-state index < -0.39 is 0 Å². The number of carbonyl (C=O) groups excluding carboxylic acids is 1. The zero-order valence-corrected chi connectivity index (χ0v) is 15.0. The number of rotatable bonds is 4. The minimum atomic E-state index is -0.259. The standard InChI is InChI=1S/C21H25N3O2/c25-19-17-4-2-1-3-16(17)18(23-24-19)20(26)22-6-5-21-10-13-7-14(11-21)9-15(8-13)12-21/h1-4,13-15H,5-12H2,(H,22,26)(H,24,25). The molecule has 6 rings (SSSR count). The van der Waals surface area contributed by atoms with Crippen LogP contribution in [-0.4, -0.2) is 22.6 Å². The van der Waals surface area contributed by atoms with Gasteiger partial charge in [-0.1, -0.05) is 18.2 Å². The molecule has 4 aliphatic rings. The molecule has 1 amide bonds. The molecule has 5 heteroatoms. The van der Waals surface area contributed by atoms with E-state index >= 15 is 0 Å². The van der Waals surface area contributed by atoms with Crippen molar-refractivity contribution in [3.05, 3.63) is 40.3 Å². The van der Waals surface area contributed by atoms with Crippen molar-refractivity contribution in [1.82, 2.24) is 15.5 Å². The molecule has 2 aromatic rings. The van der Waals surface area contributed by atoms with Crippen molar-refractivity contribution in [1.29, 1.82) is 0 Å². The molecular formula is C21H25N3O2. The molecule has 5 nitrogen and oxygen atoms in total. The Morgan fingerprint density at radius 3 is 2.35 bits per heavy atom. The number of hydrogen-bond donors (Lipinski definition) is 2. The van der Waals surface area contributed by atoms with Crippen molar-refractivity contribution >= 4 is 16.7 Å². The van der Waals surface area contributed by atoms with Crippen LogP contribution in [0.25, 0.3) is 10.8 Å². The Bertz CT molecular complexity index is 882. The second-order valence-corrected chi connectivity index (χ2v) is 8.87. The molecule has 4 saturated carbocycles. The van der Waals surface area contributed by atoms with Crippen molar-refractivity contribution < 1.29 is 4.79 Å². The van der Waals surface area contributed by atoms with Gasteiger partial charge < -0.3 is 5.32 Å². The zero-order chi connectivity index (χ0) is 17.7. The smallest absolute Gasteiger partial charge is 0.272 e. The Balaban J connectivity index is 1.29. The zero-order valence-electron chi connectivity index (χ0n) is 15.0. The summed E-state index contributed by atoms with van der Waals surface area (Å²) >= 11 is 0. The van der Waals surface area contributed by atoms with Gasteiger partial charge in [0.1, 0.15) is 0 Å². The first kappa shape index (κ1) is 16.0. The van der Waals surface area contributed by atoms with Gasteiger partial charge in [0.05, 0.1) is 5.39 Å². The number of carbonyl (C=O) groups is 1. The van der Waals surface area contributed by atoms with Crippen LogP contribution in [0, 0.1) is 23.2 Å². The van der Waals surface area contributed by atoms with Gasteiger partial charge in [-0.25, -0.2) is 5.10 Å². The molecule has 26 heavy (non-hydrogen) atoms. The third kappa shape index (κ3) is 2.65. The van der Waals surface area contributed by atoms with E-state index in [4.69, 9.17) is 0 Å². The Hall–Kier alpha value is -2.17. The van der Waals surface area contributed by atoms with Crippen LogP contribution in [0.4, 0.5) is 0 Å². The van der Waals surface area contributed by atoms with E-state index in [9.17, 15) is 9.59 Å². The second-order valence-electron chi connectivity index (χ2n) is 8.87. The first-order valence-corrected chi connectivity index (χ1v) is 9.87. The van der Waals surface area contributed by atoms with Crippen molar-refractivity contribution in [2.45, 2.75) is 44.9 Å². The molecule has 1 aromatic heterocycles. The van der Waals surface area contributed by atoms with Gasteiger partial charge in [0.25, 0.3) is 11.5 Å². The molecule has 0 atom stereocenters. The van der Waals surface area contributed by atoms with E-state index in [1.807, 2.05) is 6.07 Å². The summed E-state index contributed by atoms with van der Waals surface area (Å²) in [7, 11) is 0. The Morgan fingerprint density at radius 2 is 1.69 bits per heavy atom. The van der Waals surface area contributed by atoms with Crippen molar-refractivity contribution in [2.75, 3.05) is 6.54 Å². The summed E-state index contributed by atoms with van der Waals surface area (Å²) in [5.41, 5.74) is 0.513. The summed E-state index contributed by atoms with van der Waals surface area (Å²) in [6.07, 6.45) is 9.47. The topological polar surface area (TPSA) is 74.8 Å². The minimum absolute atomic E-state index is 0.192.